The van der Waals surface area contributed by atoms with Gasteiger partial charge in [-0.2, -0.15) is 0 Å². The summed E-state index contributed by atoms with van der Waals surface area (Å²) in [6, 6.07) is 10.2. The fourth-order valence-electron chi connectivity index (χ4n) is 1.55. The van der Waals surface area contributed by atoms with Crippen molar-refractivity contribution in [2.75, 3.05) is 7.11 Å². The van der Waals surface area contributed by atoms with E-state index in [1.165, 1.54) is 6.07 Å². The summed E-state index contributed by atoms with van der Waals surface area (Å²) in [5, 5.41) is 10.2. The van der Waals surface area contributed by atoms with E-state index in [0.717, 1.165) is 5.56 Å². The van der Waals surface area contributed by atoms with E-state index in [1.807, 2.05) is 25.1 Å². The van der Waals surface area contributed by atoms with Gasteiger partial charge in [0.25, 0.3) is 0 Å². The lowest BCUT2D eigenvalue weighted by atomic mass is 10.2. The van der Waals surface area contributed by atoms with Crippen molar-refractivity contribution < 1.29 is 14.6 Å². The second-order valence-electron chi connectivity index (χ2n) is 3.87. The molecule has 0 bridgehead atoms. The number of phenols is 1. The first-order valence-corrected chi connectivity index (χ1v) is 5.79. The molecule has 1 N–H and O–H groups in total. The third kappa shape index (κ3) is 2.68. The minimum absolute atomic E-state index is 0.0305. The zero-order valence-corrected chi connectivity index (χ0v) is 10.9. The molecular weight excluding hydrogens is 252 g/mol. The van der Waals surface area contributed by atoms with Gasteiger partial charge in [0, 0.05) is 11.1 Å². The highest BCUT2D eigenvalue weighted by Gasteiger charge is 2.09. The number of ether oxygens (including phenoxy) is 2. The minimum atomic E-state index is 0.0305. The first kappa shape index (κ1) is 12.6. The number of methoxy groups -OCH3 is 1. The summed E-state index contributed by atoms with van der Waals surface area (Å²) in [7, 11) is 1.56. The van der Waals surface area contributed by atoms with Crippen LogP contribution in [0.5, 0.6) is 23.0 Å². The van der Waals surface area contributed by atoms with Crippen LogP contribution in [0.2, 0.25) is 5.02 Å². The van der Waals surface area contributed by atoms with E-state index in [0.29, 0.717) is 22.3 Å². The highest BCUT2D eigenvalue weighted by molar-refractivity contribution is 6.30. The summed E-state index contributed by atoms with van der Waals surface area (Å²) >= 11 is 5.87. The Labute approximate surface area is 111 Å². The fourth-order valence-corrected chi connectivity index (χ4v) is 1.71. The van der Waals surface area contributed by atoms with E-state index < -0.39 is 0 Å². The second kappa shape index (κ2) is 5.19. The van der Waals surface area contributed by atoms with Gasteiger partial charge in [-0.1, -0.05) is 17.7 Å². The van der Waals surface area contributed by atoms with Gasteiger partial charge in [-0.3, -0.25) is 0 Å². The van der Waals surface area contributed by atoms with Gasteiger partial charge >= 0.3 is 0 Å². The van der Waals surface area contributed by atoms with Crippen LogP contribution in [0, 0.1) is 6.92 Å². The molecule has 0 saturated carbocycles. The highest BCUT2D eigenvalue weighted by Crippen LogP contribution is 2.37. The predicted molar refractivity (Wildman–Crippen MR) is 70.9 cm³/mol. The Kier molecular flexibility index (Phi) is 3.63. The maximum Gasteiger partial charge on any atom is 0.170 e. The Balaban J connectivity index is 2.38. The second-order valence-corrected chi connectivity index (χ2v) is 4.30. The van der Waals surface area contributed by atoms with E-state index in [1.54, 1.807) is 19.2 Å². The summed E-state index contributed by atoms with van der Waals surface area (Å²) in [5.74, 6) is 1.46. The third-order valence-electron chi connectivity index (χ3n) is 2.46. The fraction of sp³-hybridized carbons (Fsp3) is 0.143. The monoisotopic (exact) mass is 264 g/mol. The lowest BCUT2D eigenvalue weighted by Gasteiger charge is -2.12. The number of rotatable bonds is 3. The molecule has 2 aromatic carbocycles. The van der Waals surface area contributed by atoms with Crippen LogP contribution in [-0.2, 0) is 0 Å². The molecule has 2 aromatic rings. The van der Waals surface area contributed by atoms with Gasteiger partial charge < -0.3 is 14.6 Å². The molecule has 94 valence electrons. The van der Waals surface area contributed by atoms with Gasteiger partial charge in [-0.25, -0.2) is 0 Å². The maximum atomic E-state index is 9.70. The van der Waals surface area contributed by atoms with Crippen molar-refractivity contribution in [2.24, 2.45) is 0 Å². The molecule has 0 atom stereocenters. The number of halogens is 1. The van der Waals surface area contributed by atoms with Gasteiger partial charge in [-0.05, 0) is 36.8 Å². The lowest BCUT2D eigenvalue weighted by Crippen LogP contribution is -1.91. The van der Waals surface area contributed by atoms with Crippen molar-refractivity contribution in [2.45, 2.75) is 6.92 Å². The highest BCUT2D eigenvalue weighted by atomic mass is 35.5. The zero-order chi connectivity index (χ0) is 13.1. The van der Waals surface area contributed by atoms with Crippen LogP contribution in [0.4, 0.5) is 0 Å². The lowest BCUT2D eigenvalue weighted by molar-refractivity contribution is 0.366. The minimum Gasteiger partial charge on any atom is -0.504 e. The molecule has 0 aliphatic heterocycles. The summed E-state index contributed by atoms with van der Waals surface area (Å²) in [4.78, 5) is 0. The average molecular weight is 265 g/mol. The Morgan fingerprint density at radius 1 is 1.00 bits per heavy atom. The van der Waals surface area contributed by atoms with Crippen LogP contribution in [0.25, 0.3) is 0 Å². The average Bonchev–Trinajstić information content (AvgIpc) is 2.34. The standard InChI is InChI=1S/C14H13ClO3/c1-9-3-6-12(17-2)14(7-9)18-13-8-10(15)4-5-11(13)16/h3-8,16H,1-2H3. The number of hydrogen-bond acceptors (Lipinski definition) is 3. The van der Waals surface area contributed by atoms with E-state index in [-0.39, 0.29) is 5.75 Å². The topological polar surface area (TPSA) is 38.7 Å². The quantitative estimate of drug-likeness (QED) is 0.905. The van der Waals surface area contributed by atoms with Crippen molar-refractivity contribution >= 4 is 11.6 Å². The normalized spacial score (nSPS) is 10.2. The molecule has 0 aliphatic rings. The first-order valence-electron chi connectivity index (χ1n) is 5.41. The number of benzene rings is 2. The molecule has 0 unspecified atom stereocenters. The van der Waals surface area contributed by atoms with Gasteiger partial charge in [0.2, 0.25) is 0 Å². The molecule has 0 radical (unpaired) electrons. The Bertz CT molecular complexity index is 567. The summed E-state index contributed by atoms with van der Waals surface area (Å²) < 4.78 is 10.8. The van der Waals surface area contributed by atoms with Crippen LogP contribution < -0.4 is 9.47 Å². The van der Waals surface area contributed by atoms with Crippen molar-refractivity contribution in [3.05, 3.63) is 47.0 Å². The largest absolute Gasteiger partial charge is 0.504 e. The number of aryl methyl sites for hydroxylation is 1. The van der Waals surface area contributed by atoms with Gasteiger partial charge in [-0.15, -0.1) is 0 Å². The molecule has 0 aliphatic carbocycles. The molecule has 0 amide bonds. The number of aromatic hydroxyl groups is 1. The van der Waals surface area contributed by atoms with Crippen LogP contribution in [0.1, 0.15) is 5.56 Å². The SMILES string of the molecule is COc1ccc(C)cc1Oc1cc(Cl)ccc1O. The van der Waals surface area contributed by atoms with Crippen molar-refractivity contribution in [1.29, 1.82) is 0 Å². The molecule has 4 heteroatoms. The molecule has 0 spiro atoms. The maximum absolute atomic E-state index is 9.70. The summed E-state index contributed by atoms with van der Waals surface area (Å²) in [6.45, 7) is 1.95. The van der Waals surface area contributed by atoms with Crippen molar-refractivity contribution in [3.63, 3.8) is 0 Å². The van der Waals surface area contributed by atoms with E-state index >= 15 is 0 Å². The van der Waals surface area contributed by atoms with Crippen LogP contribution in [0.15, 0.2) is 36.4 Å². The smallest absolute Gasteiger partial charge is 0.170 e. The molecule has 0 saturated heterocycles. The Morgan fingerprint density at radius 3 is 2.50 bits per heavy atom. The van der Waals surface area contributed by atoms with Crippen LogP contribution in [0.3, 0.4) is 0 Å². The van der Waals surface area contributed by atoms with Gasteiger partial charge in [0.05, 0.1) is 7.11 Å². The molecule has 0 fully saturated rings. The first-order chi connectivity index (χ1) is 8.60. The van der Waals surface area contributed by atoms with Crippen LogP contribution >= 0.6 is 11.6 Å². The number of hydrogen-bond donors (Lipinski definition) is 1. The molecule has 0 heterocycles. The van der Waals surface area contributed by atoms with Crippen molar-refractivity contribution in [1.82, 2.24) is 0 Å². The van der Waals surface area contributed by atoms with E-state index in [2.05, 4.69) is 0 Å². The summed E-state index contributed by atoms with van der Waals surface area (Å²) in [5.41, 5.74) is 1.03. The Hall–Kier alpha value is -1.87. The molecule has 2 rings (SSSR count). The predicted octanol–water partition coefficient (Wildman–Crippen LogP) is 4.15. The third-order valence-corrected chi connectivity index (χ3v) is 2.70. The van der Waals surface area contributed by atoms with E-state index in [4.69, 9.17) is 21.1 Å². The van der Waals surface area contributed by atoms with Gasteiger partial charge in [0.1, 0.15) is 0 Å². The summed E-state index contributed by atoms with van der Waals surface area (Å²) in [6.07, 6.45) is 0. The molecule has 18 heavy (non-hydrogen) atoms. The molecular formula is C14H13ClO3. The number of phenolic OH excluding ortho intramolecular Hbond substituents is 1. The molecule has 0 aromatic heterocycles. The zero-order valence-electron chi connectivity index (χ0n) is 10.1. The molecule has 3 nitrogen and oxygen atoms in total. The van der Waals surface area contributed by atoms with E-state index in [9.17, 15) is 5.11 Å². The van der Waals surface area contributed by atoms with Crippen molar-refractivity contribution in [3.8, 4) is 23.0 Å². The van der Waals surface area contributed by atoms with Gasteiger partial charge in [0.15, 0.2) is 23.0 Å². The Morgan fingerprint density at radius 2 is 1.78 bits per heavy atom. The van der Waals surface area contributed by atoms with Crippen LogP contribution in [-0.4, -0.2) is 12.2 Å².